The van der Waals surface area contributed by atoms with Gasteiger partial charge in [0, 0.05) is 11.6 Å². The maximum absolute atomic E-state index is 10.2. The molecule has 4 nitrogen and oxygen atoms in total. The van der Waals surface area contributed by atoms with E-state index in [0.717, 1.165) is 18.4 Å². The topological polar surface area (TPSA) is 75.7 Å². The van der Waals surface area contributed by atoms with Gasteiger partial charge in [-0.2, -0.15) is 0 Å². The lowest BCUT2D eigenvalue weighted by Crippen LogP contribution is -2.26. The zero-order valence-electron chi connectivity index (χ0n) is 13.9. The Hall–Kier alpha value is -1.75. The Kier molecular flexibility index (Phi) is 8.61. The van der Waals surface area contributed by atoms with E-state index in [1.165, 1.54) is 0 Å². The fourth-order valence-electron chi connectivity index (χ4n) is 2.44. The number of halogens is 1. The number of aliphatic hydroxyl groups excluding tert-OH is 1. The summed E-state index contributed by atoms with van der Waals surface area (Å²) >= 11 is 0. The predicted molar refractivity (Wildman–Crippen MR) is 98.6 cm³/mol. The third kappa shape index (κ3) is 5.71. The molecule has 0 radical (unpaired) electrons. The van der Waals surface area contributed by atoms with Crippen LogP contribution in [-0.4, -0.2) is 16.3 Å². The van der Waals surface area contributed by atoms with Crippen LogP contribution in [0.1, 0.15) is 43.4 Å². The van der Waals surface area contributed by atoms with Crippen molar-refractivity contribution in [3.63, 3.8) is 0 Å². The number of aliphatic hydroxyl groups is 1. The van der Waals surface area contributed by atoms with Crippen molar-refractivity contribution in [3.8, 4) is 11.5 Å². The molecule has 0 amide bonds. The normalized spacial score (nSPS) is 13.0. The summed E-state index contributed by atoms with van der Waals surface area (Å²) in [6, 6.07) is 14.3. The van der Waals surface area contributed by atoms with Crippen LogP contribution >= 0.6 is 12.4 Å². The average molecular weight is 352 g/mol. The van der Waals surface area contributed by atoms with E-state index in [4.69, 9.17) is 10.5 Å². The van der Waals surface area contributed by atoms with Crippen molar-refractivity contribution in [1.82, 2.24) is 0 Å². The highest BCUT2D eigenvalue weighted by Crippen LogP contribution is 2.30. The van der Waals surface area contributed by atoms with Crippen molar-refractivity contribution < 1.29 is 14.9 Å². The van der Waals surface area contributed by atoms with Crippen LogP contribution in [0.3, 0.4) is 0 Å². The van der Waals surface area contributed by atoms with Crippen LogP contribution in [0.4, 0.5) is 0 Å². The molecule has 0 bridgehead atoms. The molecule has 132 valence electrons. The van der Waals surface area contributed by atoms with Crippen molar-refractivity contribution in [2.75, 3.05) is 0 Å². The van der Waals surface area contributed by atoms with Gasteiger partial charge in [0.05, 0.1) is 12.1 Å². The second kappa shape index (κ2) is 10.2. The molecule has 2 aromatic rings. The molecule has 0 unspecified atom stereocenters. The molecule has 0 saturated heterocycles. The molecule has 2 atom stereocenters. The van der Waals surface area contributed by atoms with Crippen molar-refractivity contribution in [2.24, 2.45) is 5.73 Å². The highest BCUT2D eigenvalue weighted by Gasteiger charge is 2.19. The summed E-state index contributed by atoms with van der Waals surface area (Å²) in [5.41, 5.74) is 7.64. The van der Waals surface area contributed by atoms with Gasteiger partial charge >= 0.3 is 0 Å². The Morgan fingerprint density at radius 3 is 2.46 bits per heavy atom. The van der Waals surface area contributed by atoms with E-state index in [1.807, 2.05) is 30.3 Å². The largest absolute Gasteiger partial charge is 0.507 e. The van der Waals surface area contributed by atoms with Gasteiger partial charge in [-0.15, -0.1) is 12.4 Å². The molecule has 0 aliphatic carbocycles. The third-order valence-corrected chi connectivity index (χ3v) is 3.88. The SMILES string of the molecule is CCCC[C@@H](O)[C@@H](N)c1ccc(OCc2ccccc2)cc1O.Cl. The molecule has 2 rings (SSSR count). The van der Waals surface area contributed by atoms with Crippen LogP contribution in [0.2, 0.25) is 0 Å². The standard InChI is InChI=1S/C19H25NO3.ClH/c1-2-3-9-17(21)19(20)16-11-10-15(12-18(16)22)23-13-14-7-5-4-6-8-14;/h4-8,10-12,17,19,21-22H,2-3,9,13,20H2,1H3;1H/t17-,19+;/m1./s1. The fourth-order valence-corrected chi connectivity index (χ4v) is 2.44. The Labute approximate surface area is 149 Å². The minimum absolute atomic E-state index is 0. The van der Waals surface area contributed by atoms with Gasteiger partial charge in [-0.05, 0) is 24.1 Å². The van der Waals surface area contributed by atoms with E-state index in [9.17, 15) is 10.2 Å². The molecule has 0 saturated carbocycles. The Morgan fingerprint density at radius 2 is 1.83 bits per heavy atom. The second-order valence-electron chi connectivity index (χ2n) is 5.73. The first-order chi connectivity index (χ1) is 11.1. The van der Waals surface area contributed by atoms with Gasteiger partial charge in [-0.1, -0.05) is 50.1 Å². The number of phenolic OH excluding ortho intramolecular Hbond substituents is 1. The zero-order chi connectivity index (χ0) is 16.7. The first-order valence-electron chi connectivity index (χ1n) is 8.05. The summed E-state index contributed by atoms with van der Waals surface area (Å²) in [5, 5.41) is 20.2. The van der Waals surface area contributed by atoms with E-state index in [2.05, 4.69) is 6.92 Å². The maximum Gasteiger partial charge on any atom is 0.124 e. The van der Waals surface area contributed by atoms with E-state index < -0.39 is 12.1 Å². The van der Waals surface area contributed by atoms with Crippen LogP contribution in [0.15, 0.2) is 48.5 Å². The van der Waals surface area contributed by atoms with Gasteiger partial charge in [0.1, 0.15) is 18.1 Å². The zero-order valence-corrected chi connectivity index (χ0v) is 14.7. The van der Waals surface area contributed by atoms with Gasteiger partial charge in [0.15, 0.2) is 0 Å². The van der Waals surface area contributed by atoms with Crippen LogP contribution in [0.5, 0.6) is 11.5 Å². The van der Waals surface area contributed by atoms with E-state index in [-0.39, 0.29) is 18.2 Å². The first kappa shape index (κ1) is 20.3. The van der Waals surface area contributed by atoms with Crippen LogP contribution in [-0.2, 0) is 6.61 Å². The van der Waals surface area contributed by atoms with Crippen molar-refractivity contribution >= 4 is 12.4 Å². The number of benzene rings is 2. The molecule has 0 aromatic heterocycles. The fraction of sp³-hybridized carbons (Fsp3) is 0.368. The lowest BCUT2D eigenvalue weighted by Gasteiger charge is -2.20. The number of nitrogens with two attached hydrogens (primary N) is 1. The molecular weight excluding hydrogens is 326 g/mol. The molecule has 24 heavy (non-hydrogen) atoms. The second-order valence-corrected chi connectivity index (χ2v) is 5.73. The number of phenols is 1. The smallest absolute Gasteiger partial charge is 0.124 e. The third-order valence-electron chi connectivity index (χ3n) is 3.88. The minimum atomic E-state index is -0.656. The van der Waals surface area contributed by atoms with E-state index in [1.54, 1.807) is 18.2 Å². The summed E-state index contributed by atoms with van der Waals surface area (Å²) in [6.07, 6.45) is 1.89. The van der Waals surface area contributed by atoms with Crippen molar-refractivity contribution in [3.05, 3.63) is 59.7 Å². The average Bonchev–Trinajstić information content (AvgIpc) is 2.58. The maximum atomic E-state index is 10.2. The van der Waals surface area contributed by atoms with Gasteiger partial charge in [0.25, 0.3) is 0 Å². The molecule has 0 heterocycles. The molecule has 0 fully saturated rings. The molecule has 5 heteroatoms. The number of hydrogen-bond donors (Lipinski definition) is 3. The van der Waals surface area contributed by atoms with E-state index in [0.29, 0.717) is 24.3 Å². The van der Waals surface area contributed by atoms with Crippen LogP contribution in [0, 0.1) is 0 Å². The molecule has 0 spiro atoms. The first-order valence-corrected chi connectivity index (χ1v) is 8.05. The van der Waals surface area contributed by atoms with Gasteiger partial charge in [-0.25, -0.2) is 0 Å². The summed E-state index contributed by atoms with van der Waals surface area (Å²) in [4.78, 5) is 0. The molecule has 0 aliphatic heterocycles. The van der Waals surface area contributed by atoms with Crippen LogP contribution in [0.25, 0.3) is 0 Å². The highest BCUT2D eigenvalue weighted by atomic mass is 35.5. The lowest BCUT2D eigenvalue weighted by molar-refractivity contribution is 0.131. The van der Waals surface area contributed by atoms with Gasteiger partial charge in [0.2, 0.25) is 0 Å². The Bertz CT molecular complexity index is 607. The van der Waals surface area contributed by atoms with E-state index >= 15 is 0 Å². The molecule has 2 aromatic carbocycles. The monoisotopic (exact) mass is 351 g/mol. The number of unbranched alkanes of at least 4 members (excludes halogenated alkanes) is 1. The number of aromatic hydroxyl groups is 1. The van der Waals surface area contributed by atoms with Crippen LogP contribution < -0.4 is 10.5 Å². The van der Waals surface area contributed by atoms with Gasteiger partial charge in [-0.3, -0.25) is 0 Å². The summed E-state index contributed by atoms with van der Waals surface area (Å²) < 4.78 is 5.67. The summed E-state index contributed by atoms with van der Waals surface area (Å²) in [7, 11) is 0. The van der Waals surface area contributed by atoms with Crippen molar-refractivity contribution in [1.29, 1.82) is 0 Å². The quantitative estimate of drug-likeness (QED) is 0.673. The lowest BCUT2D eigenvalue weighted by atomic mass is 9.97. The predicted octanol–water partition coefficient (Wildman–Crippen LogP) is 3.94. The van der Waals surface area contributed by atoms with Gasteiger partial charge < -0.3 is 20.7 Å². The Morgan fingerprint density at radius 1 is 1.12 bits per heavy atom. The minimum Gasteiger partial charge on any atom is -0.507 e. The molecule has 4 N–H and O–H groups in total. The van der Waals surface area contributed by atoms with Crippen molar-refractivity contribution in [2.45, 2.75) is 44.9 Å². The number of hydrogen-bond acceptors (Lipinski definition) is 4. The summed E-state index contributed by atoms with van der Waals surface area (Å²) in [6.45, 7) is 2.50. The summed E-state index contributed by atoms with van der Waals surface area (Å²) in [5.74, 6) is 0.629. The molecular formula is C19H26ClNO3. The highest BCUT2D eigenvalue weighted by molar-refractivity contribution is 5.85. The molecule has 0 aliphatic rings. The Balaban J connectivity index is 0.00000288. The number of ether oxygens (including phenoxy) is 1. The number of rotatable bonds is 8.